The number of benzene rings is 1. The number of nitrogens with zero attached hydrogens (tertiary/aromatic N) is 2. The Morgan fingerprint density at radius 2 is 1.97 bits per heavy atom. The van der Waals surface area contributed by atoms with Gasteiger partial charge in [-0.15, -0.1) is 25.6 Å². The number of pyridine rings is 1. The largest absolute Gasteiger partial charge is 0.573 e. The third kappa shape index (κ3) is 4.33. The molecule has 5 nitrogen and oxygen atoms in total. The van der Waals surface area contributed by atoms with Crippen molar-refractivity contribution in [3.63, 3.8) is 0 Å². The molecule has 0 unspecified atom stereocenters. The fraction of sp³-hybridized carbons (Fsp3) is 0.400. The number of halogens is 4. The van der Waals surface area contributed by atoms with Gasteiger partial charge < -0.3 is 9.64 Å². The van der Waals surface area contributed by atoms with Gasteiger partial charge in [-0.25, -0.2) is 0 Å². The fourth-order valence-electron chi connectivity index (χ4n) is 4.08. The fourth-order valence-corrected chi connectivity index (χ4v) is 4.08. The molecule has 2 fully saturated rings. The first-order valence-corrected chi connectivity index (χ1v) is 9.11. The van der Waals surface area contributed by atoms with Gasteiger partial charge in [-0.05, 0) is 54.7 Å². The predicted molar refractivity (Wildman–Crippen MR) is 104 cm³/mol. The van der Waals surface area contributed by atoms with Crippen molar-refractivity contribution in [1.29, 1.82) is 0 Å². The number of amides is 1. The second kappa shape index (κ2) is 7.84. The molecule has 156 valence electrons. The minimum Gasteiger partial charge on any atom is -0.406 e. The highest BCUT2D eigenvalue weighted by Gasteiger charge is 2.50. The van der Waals surface area contributed by atoms with Crippen LogP contribution in [0.4, 0.5) is 13.2 Å². The van der Waals surface area contributed by atoms with Crippen molar-refractivity contribution in [3.05, 3.63) is 48.3 Å². The summed E-state index contributed by atoms with van der Waals surface area (Å²) in [7, 11) is 1.81. The second-order valence-electron chi connectivity index (χ2n) is 7.34. The summed E-state index contributed by atoms with van der Waals surface area (Å²) in [6.07, 6.45) is -0.785. The smallest absolute Gasteiger partial charge is 0.406 e. The van der Waals surface area contributed by atoms with Gasteiger partial charge >= 0.3 is 6.36 Å². The lowest BCUT2D eigenvalue weighted by atomic mass is 9.96. The molecule has 0 bridgehead atoms. The van der Waals surface area contributed by atoms with E-state index < -0.39 is 11.9 Å². The van der Waals surface area contributed by atoms with Gasteiger partial charge in [-0.1, -0.05) is 12.1 Å². The van der Waals surface area contributed by atoms with Crippen LogP contribution in [0.3, 0.4) is 0 Å². The molecule has 29 heavy (non-hydrogen) atoms. The third-order valence-corrected chi connectivity index (χ3v) is 5.48. The van der Waals surface area contributed by atoms with Gasteiger partial charge in [-0.2, -0.15) is 0 Å². The number of nitrogens with one attached hydrogen (secondary N) is 1. The molecule has 2 saturated heterocycles. The first kappa shape index (κ1) is 21.4. The number of hydrogen-bond acceptors (Lipinski definition) is 4. The normalized spacial score (nSPS) is 24.1. The van der Waals surface area contributed by atoms with E-state index in [0.717, 1.165) is 37.1 Å². The highest BCUT2D eigenvalue weighted by atomic mass is 35.5. The van der Waals surface area contributed by atoms with Gasteiger partial charge in [0.2, 0.25) is 5.91 Å². The summed E-state index contributed by atoms with van der Waals surface area (Å²) >= 11 is 0. The van der Waals surface area contributed by atoms with E-state index >= 15 is 0 Å². The SMILES string of the molecule is CN1CC[C@@]2(CC[C@H](c3cc(-c4cccc(OC(F)(F)F)c4)ccn3)N2)C1=O.Cl. The van der Waals surface area contributed by atoms with Crippen molar-refractivity contribution in [1.82, 2.24) is 15.2 Å². The number of alkyl halides is 3. The Hall–Kier alpha value is -2.32. The van der Waals surface area contributed by atoms with Gasteiger partial charge in [0, 0.05) is 19.8 Å². The molecule has 1 aromatic carbocycles. The molecule has 0 aliphatic carbocycles. The zero-order chi connectivity index (χ0) is 19.9. The van der Waals surface area contributed by atoms with E-state index in [1.54, 1.807) is 30.3 Å². The van der Waals surface area contributed by atoms with Gasteiger partial charge in [0.1, 0.15) is 11.3 Å². The summed E-state index contributed by atoms with van der Waals surface area (Å²) < 4.78 is 41.4. The van der Waals surface area contributed by atoms with Crippen molar-refractivity contribution in [2.24, 2.45) is 0 Å². The number of ether oxygens (including phenoxy) is 1. The average molecular weight is 428 g/mol. The minimum absolute atomic E-state index is 0. The number of carbonyl (C=O) groups excluding carboxylic acids is 1. The number of likely N-dealkylation sites (N-methyl/N-ethyl adjacent to an activating group) is 1. The molecule has 0 saturated carbocycles. The maximum atomic E-state index is 12.5. The zero-order valence-electron chi connectivity index (χ0n) is 15.7. The van der Waals surface area contributed by atoms with Gasteiger partial charge in [0.15, 0.2) is 0 Å². The molecule has 2 aliphatic rings. The van der Waals surface area contributed by atoms with Gasteiger partial charge in [-0.3, -0.25) is 15.1 Å². The van der Waals surface area contributed by atoms with Crippen LogP contribution in [-0.4, -0.2) is 41.3 Å². The van der Waals surface area contributed by atoms with Crippen molar-refractivity contribution < 1.29 is 22.7 Å². The monoisotopic (exact) mass is 427 g/mol. The number of carbonyl (C=O) groups is 1. The molecule has 2 aliphatic heterocycles. The summed E-state index contributed by atoms with van der Waals surface area (Å²) in [5.74, 6) is -0.149. The van der Waals surface area contributed by atoms with Crippen LogP contribution in [-0.2, 0) is 4.79 Å². The van der Waals surface area contributed by atoms with E-state index in [2.05, 4.69) is 15.0 Å². The van der Waals surface area contributed by atoms with E-state index in [-0.39, 0.29) is 30.1 Å². The summed E-state index contributed by atoms with van der Waals surface area (Å²) in [5.41, 5.74) is 1.61. The Kier molecular flexibility index (Phi) is 5.78. The molecule has 4 rings (SSSR count). The summed E-state index contributed by atoms with van der Waals surface area (Å²) in [4.78, 5) is 18.7. The zero-order valence-corrected chi connectivity index (χ0v) is 16.5. The third-order valence-electron chi connectivity index (χ3n) is 5.48. The summed E-state index contributed by atoms with van der Waals surface area (Å²) in [5, 5.41) is 3.46. The number of aromatic nitrogens is 1. The van der Waals surface area contributed by atoms with E-state index in [9.17, 15) is 18.0 Å². The molecule has 1 spiro atoms. The van der Waals surface area contributed by atoms with Crippen LogP contribution >= 0.6 is 12.4 Å². The Morgan fingerprint density at radius 1 is 1.21 bits per heavy atom. The lowest BCUT2D eigenvalue weighted by Gasteiger charge is -2.23. The minimum atomic E-state index is -4.73. The summed E-state index contributed by atoms with van der Waals surface area (Å²) in [6, 6.07) is 9.40. The maximum absolute atomic E-state index is 12.5. The molecule has 1 aromatic heterocycles. The van der Waals surface area contributed by atoms with Crippen LogP contribution < -0.4 is 10.1 Å². The molecule has 9 heteroatoms. The first-order valence-electron chi connectivity index (χ1n) is 9.11. The molecule has 2 atom stereocenters. The molecule has 1 amide bonds. The van der Waals surface area contributed by atoms with Crippen LogP contribution in [0.1, 0.15) is 31.0 Å². The van der Waals surface area contributed by atoms with E-state index in [1.165, 1.54) is 18.2 Å². The summed E-state index contributed by atoms with van der Waals surface area (Å²) in [6.45, 7) is 0.734. The molecular formula is C20H21ClF3N3O2. The van der Waals surface area contributed by atoms with Crippen LogP contribution in [0.5, 0.6) is 5.75 Å². The van der Waals surface area contributed by atoms with E-state index in [4.69, 9.17) is 0 Å². The van der Waals surface area contributed by atoms with Gasteiger partial charge in [0.25, 0.3) is 0 Å². The molecule has 1 N–H and O–H groups in total. The number of hydrogen-bond donors (Lipinski definition) is 1. The van der Waals surface area contributed by atoms with Crippen LogP contribution in [0.25, 0.3) is 11.1 Å². The standard InChI is InChI=1S/C20H20F3N3O2.ClH/c1-26-10-8-19(18(26)27)7-5-16(25-19)17-12-14(6-9-24-17)13-3-2-4-15(11-13)28-20(21,22)23;/h2-4,6,9,11-12,16,25H,5,7-8,10H2,1H3;1H/t16-,19+;/m1./s1. The Bertz CT molecular complexity index is 909. The molecule has 2 aromatic rings. The molecular weight excluding hydrogens is 407 g/mol. The number of rotatable bonds is 3. The highest BCUT2D eigenvalue weighted by Crippen LogP contribution is 2.39. The van der Waals surface area contributed by atoms with Crippen LogP contribution in [0.2, 0.25) is 0 Å². The van der Waals surface area contributed by atoms with Crippen molar-refractivity contribution in [3.8, 4) is 16.9 Å². The number of likely N-dealkylation sites (tertiary alicyclic amines) is 1. The first-order chi connectivity index (χ1) is 13.3. The Labute approximate surface area is 172 Å². The van der Waals surface area contributed by atoms with E-state index in [0.29, 0.717) is 5.56 Å². The molecule has 3 heterocycles. The molecule has 0 radical (unpaired) electrons. The van der Waals surface area contributed by atoms with Crippen molar-refractivity contribution >= 4 is 18.3 Å². The second-order valence-corrected chi connectivity index (χ2v) is 7.34. The van der Waals surface area contributed by atoms with Crippen molar-refractivity contribution in [2.75, 3.05) is 13.6 Å². The van der Waals surface area contributed by atoms with Crippen LogP contribution in [0, 0.1) is 0 Å². The lowest BCUT2D eigenvalue weighted by molar-refractivity contribution is -0.274. The van der Waals surface area contributed by atoms with Crippen molar-refractivity contribution in [2.45, 2.75) is 37.2 Å². The maximum Gasteiger partial charge on any atom is 0.573 e. The Morgan fingerprint density at radius 3 is 2.66 bits per heavy atom. The lowest BCUT2D eigenvalue weighted by Crippen LogP contribution is -2.47. The van der Waals surface area contributed by atoms with E-state index in [1.807, 2.05) is 6.07 Å². The van der Waals surface area contributed by atoms with Gasteiger partial charge in [0.05, 0.1) is 11.7 Å². The Balaban J connectivity index is 0.00000240. The quantitative estimate of drug-likeness (QED) is 0.801. The highest BCUT2D eigenvalue weighted by molar-refractivity contribution is 5.88. The predicted octanol–water partition coefficient (Wildman–Crippen LogP) is 4.09. The van der Waals surface area contributed by atoms with Crippen LogP contribution in [0.15, 0.2) is 42.6 Å². The topological polar surface area (TPSA) is 54.5 Å². The average Bonchev–Trinajstić information content (AvgIpc) is 3.21.